The van der Waals surface area contributed by atoms with E-state index in [-0.39, 0.29) is 17.2 Å². The molecule has 146 valence electrons. The molecule has 2 aromatic carbocycles. The highest BCUT2D eigenvalue weighted by atomic mass is 32.2. The quantitative estimate of drug-likeness (QED) is 0.686. The van der Waals surface area contributed by atoms with Gasteiger partial charge in [-0.2, -0.15) is 0 Å². The number of ether oxygens (including phenoxy) is 1. The van der Waals surface area contributed by atoms with Gasteiger partial charge < -0.3 is 10.1 Å². The number of fused-ring (bicyclic) bond motifs is 1. The van der Waals surface area contributed by atoms with Crippen molar-refractivity contribution >= 4 is 32.3 Å². The van der Waals surface area contributed by atoms with E-state index in [1.165, 1.54) is 0 Å². The second kappa shape index (κ2) is 7.98. The van der Waals surface area contributed by atoms with Crippen LogP contribution in [0.5, 0.6) is 5.75 Å². The van der Waals surface area contributed by atoms with Crippen LogP contribution in [-0.2, 0) is 21.1 Å². The number of anilines is 1. The molecule has 3 rings (SSSR count). The maximum Gasteiger partial charge on any atom is 0.228 e. The molecule has 0 bridgehead atoms. The first-order valence-corrected chi connectivity index (χ1v) is 10.4. The maximum absolute atomic E-state index is 12.5. The van der Waals surface area contributed by atoms with Crippen molar-refractivity contribution in [3.63, 3.8) is 0 Å². The minimum absolute atomic E-state index is 0.119. The minimum atomic E-state index is -3.33. The van der Waals surface area contributed by atoms with Crippen molar-refractivity contribution in [2.45, 2.75) is 30.4 Å². The number of methoxy groups -OCH3 is 1. The molecule has 6 nitrogen and oxygen atoms in total. The van der Waals surface area contributed by atoms with Gasteiger partial charge in [0.05, 0.1) is 34.9 Å². The molecule has 1 amide bonds. The summed E-state index contributed by atoms with van der Waals surface area (Å²) >= 11 is 0. The topological polar surface area (TPSA) is 85.4 Å². The summed E-state index contributed by atoms with van der Waals surface area (Å²) in [5.74, 6) is 0.402. The first-order chi connectivity index (χ1) is 13.3. The largest absolute Gasteiger partial charge is 0.497 e. The van der Waals surface area contributed by atoms with Crippen LogP contribution in [0.1, 0.15) is 19.4 Å². The minimum Gasteiger partial charge on any atom is -0.497 e. The van der Waals surface area contributed by atoms with Crippen LogP contribution in [-0.4, -0.2) is 31.7 Å². The number of sulfone groups is 1. The fourth-order valence-electron chi connectivity index (χ4n) is 2.83. The van der Waals surface area contributed by atoms with Crippen molar-refractivity contribution in [2.75, 3.05) is 12.4 Å². The number of carbonyl (C=O) groups excluding carboxylic acids is 1. The van der Waals surface area contributed by atoms with Gasteiger partial charge in [0.2, 0.25) is 5.91 Å². The number of hydrogen-bond acceptors (Lipinski definition) is 5. The standard InChI is InChI=1S/C21H22N2O4S/c1-14(2)28(25,26)18-8-6-15(7-9-18)11-20(24)23-19-13-17(27-3)12-16-5-4-10-22-21(16)19/h4-10,12-14H,11H2,1-3H3,(H,23,24). The molecule has 7 heteroatoms. The number of pyridine rings is 1. The predicted molar refractivity (Wildman–Crippen MR) is 109 cm³/mol. The van der Waals surface area contributed by atoms with E-state index in [1.807, 2.05) is 18.2 Å². The van der Waals surface area contributed by atoms with Crippen molar-refractivity contribution in [3.05, 3.63) is 60.3 Å². The Labute approximate surface area is 164 Å². The summed E-state index contributed by atoms with van der Waals surface area (Å²) in [7, 11) is -1.76. The molecular formula is C21H22N2O4S. The number of carbonyl (C=O) groups is 1. The van der Waals surface area contributed by atoms with Crippen molar-refractivity contribution < 1.29 is 17.9 Å². The van der Waals surface area contributed by atoms with Crippen LogP contribution in [0.2, 0.25) is 0 Å². The van der Waals surface area contributed by atoms with Crippen molar-refractivity contribution in [1.29, 1.82) is 0 Å². The molecule has 0 aliphatic heterocycles. The van der Waals surface area contributed by atoms with Crippen LogP contribution in [0, 0.1) is 0 Å². The van der Waals surface area contributed by atoms with Gasteiger partial charge in [0.1, 0.15) is 5.75 Å². The Hall–Kier alpha value is -2.93. The lowest BCUT2D eigenvalue weighted by Gasteiger charge is -2.11. The van der Waals surface area contributed by atoms with Gasteiger partial charge in [-0.1, -0.05) is 18.2 Å². The molecule has 0 spiro atoms. The van der Waals surface area contributed by atoms with Gasteiger partial charge in [-0.25, -0.2) is 8.42 Å². The Morgan fingerprint density at radius 3 is 2.50 bits per heavy atom. The van der Waals surface area contributed by atoms with Crippen molar-refractivity contribution in [3.8, 4) is 5.75 Å². The van der Waals surface area contributed by atoms with Crippen molar-refractivity contribution in [1.82, 2.24) is 4.98 Å². The monoisotopic (exact) mass is 398 g/mol. The lowest BCUT2D eigenvalue weighted by Crippen LogP contribution is -2.16. The Balaban J connectivity index is 1.79. The number of benzene rings is 2. The van der Waals surface area contributed by atoms with Gasteiger partial charge in [0, 0.05) is 17.6 Å². The van der Waals surface area contributed by atoms with Gasteiger partial charge in [-0.15, -0.1) is 0 Å². The maximum atomic E-state index is 12.5. The highest BCUT2D eigenvalue weighted by Crippen LogP contribution is 2.28. The zero-order valence-corrected chi connectivity index (χ0v) is 16.8. The van der Waals surface area contributed by atoms with E-state index in [4.69, 9.17) is 4.74 Å². The summed E-state index contributed by atoms with van der Waals surface area (Å²) in [5.41, 5.74) is 1.97. The van der Waals surface area contributed by atoms with Gasteiger partial charge >= 0.3 is 0 Å². The Bertz CT molecular complexity index is 1110. The van der Waals surface area contributed by atoms with E-state index >= 15 is 0 Å². The normalized spacial score (nSPS) is 11.6. The molecule has 3 aromatic rings. The summed E-state index contributed by atoms with van der Waals surface area (Å²) in [6, 6.07) is 13.7. The highest BCUT2D eigenvalue weighted by Gasteiger charge is 2.19. The number of aromatic nitrogens is 1. The average Bonchev–Trinajstić information content (AvgIpc) is 2.68. The first kappa shape index (κ1) is 19.8. The van der Waals surface area contributed by atoms with E-state index in [1.54, 1.807) is 57.5 Å². The molecular weight excluding hydrogens is 376 g/mol. The van der Waals surface area contributed by atoms with E-state index in [2.05, 4.69) is 10.3 Å². The Kier molecular flexibility index (Phi) is 5.65. The zero-order chi connectivity index (χ0) is 20.3. The molecule has 1 N–H and O–H groups in total. The van der Waals surface area contributed by atoms with Crippen LogP contribution in [0.4, 0.5) is 5.69 Å². The molecule has 28 heavy (non-hydrogen) atoms. The molecule has 0 radical (unpaired) electrons. The summed E-state index contributed by atoms with van der Waals surface area (Å²) < 4.78 is 29.7. The van der Waals surface area contributed by atoms with Crippen LogP contribution < -0.4 is 10.1 Å². The molecule has 0 aliphatic rings. The third-order valence-corrected chi connectivity index (χ3v) is 6.60. The fourth-order valence-corrected chi connectivity index (χ4v) is 3.89. The molecule has 0 saturated carbocycles. The van der Waals surface area contributed by atoms with E-state index in [0.29, 0.717) is 17.0 Å². The Morgan fingerprint density at radius 1 is 1.14 bits per heavy atom. The van der Waals surface area contributed by atoms with Crippen LogP contribution >= 0.6 is 0 Å². The SMILES string of the molecule is COc1cc(NC(=O)Cc2ccc(S(=O)(=O)C(C)C)cc2)c2ncccc2c1. The lowest BCUT2D eigenvalue weighted by molar-refractivity contribution is -0.115. The molecule has 1 aromatic heterocycles. The second-order valence-corrected chi connectivity index (χ2v) is 9.22. The van der Waals surface area contributed by atoms with Gasteiger partial charge in [-0.05, 0) is 43.7 Å². The summed E-state index contributed by atoms with van der Waals surface area (Å²) in [5, 5.41) is 3.24. The molecule has 0 fully saturated rings. The lowest BCUT2D eigenvalue weighted by atomic mass is 10.1. The third-order valence-electron chi connectivity index (χ3n) is 4.43. The molecule has 1 heterocycles. The van der Waals surface area contributed by atoms with E-state index < -0.39 is 15.1 Å². The molecule has 0 saturated heterocycles. The number of hydrogen-bond donors (Lipinski definition) is 1. The highest BCUT2D eigenvalue weighted by molar-refractivity contribution is 7.92. The second-order valence-electron chi connectivity index (χ2n) is 6.71. The molecule has 0 aliphatic carbocycles. The number of nitrogens with one attached hydrogen (secondary N) is 1. The molecule has 0 unspecified atom stereocenters. The zero-order valence-electron chi connectivity index (χ0n) is 16.0. The Morgan fingerprint density at radius 2 is 1.86 bits per heavy atom. The number of amides is 1. The van der Waals surface area contributed by atoms with Gasteiger partial charge in [0.15, 0.2) is 9.84 Å². The molecule has 0 atom stereocenters. The van der Waals surface area contributed by atoms with Crippen LogP contribution in [0.15, 0.2) is 59.6 Å². The van der Waals surface area contributed by atoms with Crippen LogP contribution in [0.25, 0.3) is 10.9 Å². The smallest absolute Gasteiger partial charge is 0.228 e. The number of nitrogens with zero attached hydrogens (tertiary/aromatic N) is 1. The summed E-state index contributed by atoms with van der Waals surface area (Å²) in [6.45, 7) is 3.28. The fraction of sp³-hybridized carbons (Fsp3) is 0.238. The van der Waals surface area contributed by atoms with Crippen LogP contribution in [0.3, 0.4) is 0 Å². The van der Waals surface area contributed by atoms with E-state index in [0.717, 1.165) is 10.9 Å². The average molecular weight is 398 g/mol. The first-order valence-electron chi connectivity index (χ1n) is 8.86. The number of rotatable bonds is 6. The summed E-state index contributed by atoms with van der Waals surface area (Å²) in [6.07, 6.45) is 1.78. The predicted octanol–water partition coefficient (Wildman–Crippen LogP) is 3.61. The van der Waals surface area contributed by atoms with Gasteiger partial charge in [0.25, 0.3) is 0 Å². The third kappa shape index (κ3) is 4.14. The summed E-state index contributed by atoms with van der Waals surface area (Å²) in [4.78, 5) is 17.1. The van der Waals surface area contributed by atoms with E-state index in [9.17, 15) is 13.2 Å². The van der Waals surface area contributed by atoms with Gasteiger partial charge in [-0.3, -0.25) is 9.78 Å². The van der Waals surface area contributed by atoms with Crippen molar-refractivity contribution in [2.24, 2.45) is 0 Å².